The van der Waals surface area contributed by atoms with Crippen molar-refractivity contribution in [3.8, 4) is 0 Å². The SMILES string of the molecule is CCN1CCN(c2nc(C)cc(C(=O)Nc3ccccc3C(=O)OC)n2)CC1. The number of carbonyl (C=O) groups is 2. The first-order valence-electron chi connectivity index (χ1n) is 9.33. The summed E-state index contributed by atoms with van der Waals surface area (Å²) in [4.78, 5) is 38.1. The molecule has 0 unspecified atom stereocenters. The van der Waals surface area contributed by atoms with Crippen LogP contribution < -0.4 is 10.2 Å². The minimum absolute atomic E-state index is 0.264. The molecule has 0 atom stereocenters. The van der Waals surface area contributed by atoms with E-state index in [9.17, 15) is 9.59 Å². The average molecular weight is 383 g/mol. The first-order chi connectivity index (χ1) is 13.5. The minimum Gasteiger partial charge on any atom is -0.465 e. The molecule has 28 heavy (non-hydrogen) atoms. The van der Waals surface area contributed by atoms with E-state index in [1.165, 1.54) is 7.11 Å². The number of nitrogens with one attached hydrogen (secondary N) is 1. The van der Waals surface area contributed by atoms with Crippen molar-refractivity contribution in [2.45, 2.75) is 13.8 Å². The van der Waals surface area contributed by atoms with Gasteiger partial charge in [-0.05, 0) is 31.7 Å². The van der Waals surface area contributed by atoms with Crippen molar-refractivity contribution in [3.05, 3.63) is 47.3 Å². The second kappa shape index (κ2) is 8.79. The van der Waals surface area contributed by atoms with E-state index in [1.807, 2.05) is 6.92 Å². The van der Waals surface area contributed by atoms with Crippen LogP contribution in [-0.4, -0.2) is 66.6 Å². The molecule has 2 aromatic rings. The van der Waals surface area contributed by atoms with Crippen molar-refractivity contribution in [3.63, 3.8) is 0 Å². The van der Waals surface area contributed by atoms with Gasteiger partial charge in [-0.3, -0.25) is 4.79 Å². The van der Waals surface area contributed by atoms with Crippen LogP contribution in [0.25, 0.3) is 0 Å². The Balaban J connectivity index is 1.80. The maximum Gasteiger partial charge on any atom is 0.339 e. The Hall–Kier alpha value is -3.00. The number of esters is 1. The highest BCUT2D eigenvalue weighted by molar-refractivity contribution is 6.07. The van der Waals surface area contributed by atoms with E-state index in [4.69, 9.17) is 4.74 Å². The number of nitrogens with zero attached hydrogens (tertiary/aromatic N) is 4. The first-order valence-corrected chi connectivity index (χ1v) is 9.33. The van der Waals surface area contributed by atoms with Gasteiger partial charge in [0, 0.05) is 31.9 Å². The topological polar surface area (TPSA) is 87.7 Å². The summed E-state index contributed by atoms with van der Waals surface area (Å²) in [6.07, 6.45) is 0. The van der Waals surface area contributed by atoms with Gasteiger partial charge in [0.1, 0.15) is 5.69 Å². The molecule has 1 fully saturated rings. The fraction of sp³-hybridized carbons (Fsp3) is 0.400. The van der Waals surface area contributed by atoms with Crippen LogP contribution in [0.1, 0.15) is 33.5 Å². The molecule has 0 radical (unpaired) electrons. The predicted molar refractivity (Wildman–Crippen MR) is 107 cm³/mol. The molecule has 0 spiro atoms. The van der Waals surface area contributed by atoms with Crippen molar-refractivity contribution in [2.24, 2.45) is 0 Å². The molecule has 1 aromatic heterocycles. The van der Waals surface area contributed by atoms with Gasteiger partial charge < -0.3 is 19.9 Å². The quantitative estimate of drug-likeness (QED) is 0.790. The van der Waals surface area contributed by atoms with Crippen LogP contribution in [-0.2, 0) is 4.74 Å². The Bertz CT molecular complexity index is 863. The lowest BCUT2D eigenvalue weighted by Gasteiger charge is -2.34. The van der Waals surface area contributed by atoms with Crippen LogP contribution in [0.3, 0.4) is 0 Å². The monoisotopic (exact) mass is 383 g/mol. The molecule has 148 valence electrons. The number of aromatic nitrogens is 2. The number of ether oxygens (including phenoxy) is 1. The zero-order valence-electron chi connectivity index (χ0n) is 16.4. The normalized spacial score (nSPS) is 14.6. The van der Waals surface area contributed by atoms with E-state index in [0.717, 1.165) is 32.7 Å². The van der Waals surface area contributed by atoms with Gasteiger partial charge in [-0.15, -0.1) is 0 Å². The van der Waals surface area contributed by atoms with Gasteiger partial charge >= 0.3 is 5.97 Å². The molecule has 3 rings (SSSR count). The predicted octanol–water partition coefficient (Wildman–Crippen LogP) is 1.97. The van der Waals surface area contributed by atoms with E-state index < -0.39 is 11.9 Å². The molecular weight excluding hydrogens is 358 g/mol. The van der Waals surface area contributed by atoms with Gasteiger partial charge in [0.25, 0.3) is 5.91 Å². The van der Waals surface area contributed by atoms with Gasteiger partial charge in [-0.25, -0.2) is 14.8 Å². The molecule has 0 saturated carbocycles. The van der Waals surface area contributed by atoms with Crippen molar-refractivity contribution >= 4 is 23.5 Å². The summed E-state index contributed by atoms with van der Waals surface area (Å²) in [7, 11) is 1.30. The molecule has 1 amide bonds. The summed E-state index contributed by atoms with van der Waals surface area (Å²) < 4.78 is 4.77. The standard InChI is InChI=1S/C20H25N5O3/c1-4-24-9-11-25(12-10-24)20-21-14(2)13-17(23-20)18(26)22-16-8-6-5-7-15(16)19(27)28-3/h5-8,13H,4,9-12H2,1-3H3,(H,22,26). The molecule has 1 aliphatic rings. The third kappa shape index (κ3) is 4.45. The summed E-state index contributed by atoms with van der Waals surface area (Å²) in [5, 5.41) is 2.76. The number of likely N-dealkylation sites (N-methyl/N-ethyl adjacent to an activating group) is 1. The fourth-order valence-electron chi connectivity index (χ4n) is 3.14. The van der Waals surface area contributed by atoms with Crippen molar-refractivity contribution in [2.75, 3.05) is 50.1 Å². The number of benzene rings is 1. The number of rotatable bonds is 5. The third-order valence-electron chi connectivity index (χ3n) is 4.76. The molecule has 2 heterocycles. The molecule has 0 bridgehead atoms. The molecular formula is C20H25N5O3. The summed E-state index contributed by atoms with van der Waals surface area (Å²) >= 11 is 0. The van der Waals surface area contributed by atoms with Gasteiger partial charge in [0.05, 0.1) is 18.4 Å². The van der Waals surface area contributed by atoms with Gasteiger partial charge in [0.15, 0.2) is 0 Å². The zero-order chi connectivity index (χ0) is 20.1. The summed E-state index contributed by atoms with van der Waals surface area (Å²) in [6, 6.07) is 8.35. The van der Waals surface area contributed by atoms with Crippen molar-refractivity contribution in [1.29, 1.82) is 0 Å². The number of para-hydroxylation sites is 1. The lowest BCUT2D eigenvalue weighted by Crippen LogP contribution is -2.47. The Morgan fingerprint density at radius 3 is 2.54 bits per heavy atom. The molecule has 8 nitrogen and oxygen atoms in total. The number of hydrogen-bond acceptors (Lipinski definition) is 7. The van der Waals surface area contributed by atoms with Crippen molar-refractivity contribution in [1.82, 2.24) is 14.9 Å². The maximum absolute atomic E-state index is 12.8. The Kier molecular flexibility index (Phi) is 6.20. The van der Waals surface area contributed by atoms with Gasteiger partial charge in [-0.2, -0.15) is 0 Å². The van der Waals surface area contributed by atoms with Gasteiger partial charge in [0.2, 0.25) is 5.95 Å². The van der Waals surface area contributed by atoms with Crippen LogP contribution in [0, 0.1) is 6.92 Å². The zero-order valence-corrected chi connectivity index (χ0v) is 16.4. The number of methoxy groups -OCH3 is 1. The molecule has 0 aliphatic carbocycles. The largest absolute Gasteiger partial charge is 0.465 e. The third-order valence-corrected chi connectivity index (χ3v) is 4.76. The Morgan fingerprint density at radius 1 is 1.14 bits per heavy atom. The first kappa shape index (κ1) is 19.8. The molecule has 1 aliphatic heterocycles. The number of aryl methyl sites for hydroxylation is 1. The van der Waals surface area contributed by atoms with Crippen LogP contribution in [0.5, 0.6) is 0 Å². The highest BCUT2D eigenvalue weighted by Crippen LogP contribution is 2.18. The van der Waals surface area contributed by atoms with Gasteiger partial charge in [-0.1, -0.05) is 19.1 Å². The molecule has 1 N–H and O–H groups in total. The summed E-state index contributed by atoms with van der Waals surface area (Å²) in [5.41, 5.74) is 1.66. The number of hydrogen-bond donors (Lipinski definition) is 1. The van der Waals surface area contributed by atoms with E-state index in [2.05, 4.69) is 32.0 Å². The number of amides is 1. The lowest BCUT2D eigenvalue weighted by molar-refractivity contribution is 0.0602. The minimum atomic E-state index is -0.510. The number of piperazine rings is 1. The Morgan fingerprint density at radius 2 is 1.86 bits per heavy atom. The van der Waals surface area contributed by atoms with E-state index in [-0.39, 0.29) is 5.69 Å². The van der Waals surface area contributed by atoms with Crippen LogP contribution in [0.4, 0.5) is 11.6 Å². The average Bonchev–Trinajstić information content (AvgIpc) is 2.73. The van der Waals surface area contributed by atoms with Crippen LogP contribution in [0.2, 0.25) is 0 Å². The van der Waals surface area contributed by atoms with E-state index in [0.29, 0.717) is 22.9 Å². The molecule has 1 aromatic carbocycles. The fourth-order valence-corrected chi connectivity index (χ4v) is 3.14. The summed E-state index contributed by atoms with van der Waals surface area (Å²) in [6.45, 7) is 8.55. The smallest absolute Gasteiger partial charge is 0.339 e. The highest BCUT2D eigenvalue weighted by Gasteiger charge is 2.21. The highest BCUT2D eigenvalue weighted by atomic mass is 16.5. The number of anilines is 2. The molecule has 8 heteroatoms. The summed E-state index contributed by atoms with van der Waals surface area (Å²) in [5.74, 6) is -0.346. The molecule has 1 saturated heterocycles. The van der Waals surface area contributed by atoms with Crippen LogP contribution in [0.15, 0.2) is 30.3 Å². The van der Waals surface area contributed by atoms with Crippen molar-refractivity contribution < 1.29 is 14.3 Å². The second-order valence-electron chi connectivity index (χ2n) is 6.61. The Labute approximate surface area is 164 Å². The maximum atomic E-state index is 12.8. The second-order valence-corrected chi connectivity index (χ2v) is 6.61. The van der Waals surface area contributed by atoms with E-state index >= 15 is 0 Å². The van der Waals surface area contributed by atoms with E-state index in [1.54, 1.807) is 30.3 Å². The van der Waals surface area contributed by atoms with Crippen LogP contribution >= 0.6 is 0 Å². The number of carbonyl (C=O) groups excluding carboxylic acids is 2. The lowest BCUT2D eigenvalue weighted by atomic mass is 10.1.